The van der Waals surface area contributed by atoms with Crippen molar-refractivity contribution in [2.75, 3.05) is 6.26 Å². The van der Waals surface area contributed by atoms with Gasteiger partial charge in [0.25, 0.3) is 0 Å². The third-order valence-electron chi connectivity index (χ3n) is 4.28. The van der Waals surface area contributed by atoms with Crippen molar-refractivity contribution >= 4 is 27.6 Å². The van der Waals surface area contributed by atoms with E-state index in [0.717, 1.165) is 0 Å². The summed E-state index contributed by atoms with van der Waals surface area (Å²) >= 11 is 1.76. The molecule has 3 rings (SSSR count). The minimum absolute atomic E-state index is 0.0200. The van der Waals surface area contributed by atoms with E-state index in [2.05, 4.69) is 63.4 Å². The van der Waals surface area contributed by atoms with Crippen LogP contribution in [0.3, 0.4) is 0 Å². The average Bonchev–Trinajstić information content (AvgIpc) is 2.42. The van der Waals surface area contributed by atoms with Gasteiger partial charge in [0.15, 0.2) is 0 Å². The quantitative estimate of drug-likeness (QED) is 0.666. The molecule has 0 aliphatic carbocycles. The topological polar surface area (TPSA) is 12.4 Å². The maximum absolute atomic E-state index is 4.98. The van der Waals surface area contributed by atoms with Crippen molar-refractivity contribution in [3.8, 4) is 0 Å². The molecule has 0 amide bonds. The van der Waals surface area contributed by atoms with E-state index in [1.165, 1.54) is 26.9 Å². The zero-order valence-electron chi connectivity index (χ0n) is 11.9. The van der Waals surface area contributed by atoms with Crippen molar-refractivity contribution in [3.05, 3.63) is 47.5 Å². The molecule has 1 atom stereocenters. The molecule has 1 nitrogen and oxygen atoms in total. The maximum Gasteiger partial charge on any atom is 0.0990 e. The molecule has 0 saturated heterocycles. The lowest BCUT2D eigenvalue weighted by atomic mass is 9.78. The first-order valence-corrected chi connectivity index (χ1v) is 7.93. The van der Waals surface area contributed by atoms with Gasteiger partial charge in [0.05, 0.1) is 10.6 Å². The van der Waals surface area contributed by atoms with Crippen LogP contribution in [0, 0.1) is 0 Å². The summed E-state index contributed by atoms with van der Waals surface area (Å²) in [6, 6.07) is 13.1. The van der Waals surface area contributed by atoms with Crippen LogP contribution in [0.5, 0.6) is 0 Å². The van der Waals surface area contributed by atoms with Crippen LogP contribution in [0.1, 0.15) is 37.8 Å². The Balaban J connectivity index is 2.38. The van der Waals surface area contributed by atoms with Crippen LogP contribution in [0.4, 0.5) is 0 Å². The van der Waals surface area contributed by atoms with Crippen molar-refractivity contribution in [3.63, 3.8) is 0 Å². The molecule has 1 aliphatic heterocycles. The molecular weight excluding hydrogens is 250 g/mol. The molecule has 0 N–H and O–H groups in total. The van der Waals surface area contributed by atoms with Gasteiger partial charge in [-0.05, 0) is 36.4 Å². The van der Waals surface area contributed by atoms with E-state index < -0.39 is 0 Å². The molecule has 0 fully saturated rings. The number of aliphatic imine (C=N–C) groups is 1. The Morgan fingerprint density at radius 3 is 2.58 bits per heavy atom. The third kappa shape index (κ3) is 1.90. The number of rotatable bonds is 0. The molecule has 1 aliphatic rings. The van der Waals surface area contributed by atoms with Crippen LogP contribution in [0.15, 0.2) is 41.4 Å². The number of benzene rings is 2. The van der Waals surface area contributed by atoms with E-state index in [4.69, 9.17) is 4.99 Å². The molecule has 2 aromatic carbocycles. The number of hydrogen-bond acceptors (Lipinski definition) is 2. The third-order valence-corrected chi connectivity index (χ3v) is 4.97. The van der Waals surface area contributed by atoms with Gasteiger partial charge in [-0.3, -0.25) is 4.99 Å². The maximum atomic E-state index is 4.98. The molecule has 0 radical (unpaired) electrons. The summed E-state index contributed by atoms with van der Waals surface area (Å²) in [6.07, 6.45) is 2.12. The summed E-state index contributed by atoms with van der Waals surface area (Å²) in [5, 5.41) is 3.81. The average molecular weight is 269 g/mol. The van der Waals surface area contributed by atoms with Gasteiger partial charge in [0, 0.05) is 11.5 Å². The molecule has 0 aromatic heterocycles. The zero-order chi connectivity index (χ0) is 13.6. The van der Waals surface area contributed by atoms with Crippen molar-refractivity contribution in [1.82, 2.24) is 0 Å². The lowest BCUT2D eigenvalue weighted by Crippen LogP contribution is -2.31. The molecule has 0 bridgehead atoms. The Morgan fingerprint density at radius 1 is 1.11 bits per heavy atom. The Hall–Kier alpha value is -1.28. The largest absolute Gasteiger partial charge is 0.271 e. The summed E-state index contributed by atoms with van der Waals surface area (Å²) in [5.74, 6) is 0.447. The summed E-state index contributed by atoms with van der Waals surface area (Å²) in [5.41, 5.74) is 2.76. The summed E-state index contributed by atoms with van der Waals surface area (Å²) in [6.45, 7) is 6.74. The lowest BCUT2D eigenvalue weighted by Gasteiger charge is -2.35. The van der Waals surface area contributed by atoms with Gasteiger partial charge in [-0.15, -0.1) is 11.8 Å². The van der Waals surface area contributed by atoms with Gasteiger partial charge >= 0.3 is 0 Å². The Morgan fingerprint density at radius 2 is 1.84 bits per heavy atom. The van der Waals surface area contributed by atoms with E-state index in [1.807, 2.05) is 0 Å². The van der Waals surface area contributed by atoms with Gasteiger partial charge in [-0.1, -0.05) is 43.3 Å². The van der Waals surface area contributed by atoms with E-state index in [-0.39, 0.29) is 5.54 Å². The van der Waals surface area contributed by atoms with Gasteiger partial charge in [-0.2, -0.15) is 0 Å². The van der Waals surface area contributed by atoms with E-state index in [9.17, 15) is 0 Å². The first-order valence-electron chi connectivity index (χ1n) is 6.70. The van der Waals surface area contributed by atoms with Crippen LogP contribution < -0.4 is 0 Å². The van der Waals surface area contributed by atoms with Crippen LogP contribution in [-0.2, 0) is 0 Å². The smallest absolute Gasteiger partial charge is 0.0990 e. The fourth-order valence-corrected chi connectivity index (χ4v) is 3.59. The minimum Gasteiger partial charge on any atom is -0.271 e. The fraction of sp³-hybridized carbons (Fsp3) is 0.353. The zero-order valence-corrected chi connectivity index (χ0v) is 12.7. The Bertz CT molecular complexity index is 670. The molecule has 2 aromatic rings. The highest BCUT2D eigenvalue weighted by Crippen LogP contribution is 2.41. The molecular formula is C17H19NS. The predicted octanol–water partition coefficient (Wildman–Crippen LogP) is 4.85. The molecule has 0 spiro atoms. The molecule has 19 heavy (non-hydrogen) atoms. The Labute approximate surface area is 119 Å². The highest BCUT2D eigenvalue weighted by molar-refractivity contribution is 8.13. The van der Waals surface area contributed by atoms with Gasteiger partial charge < -0.3 is 0 Å². The van der Waals surface area contributed by atoms with Crippen LogP contribution in [-0.4, -0.2) is 16.8 Å². The van der Waals surface area contributed by atoms with Crippen molar-refractivity contribution in [2.45, 2.75) is 32.2 Å². The number of fused-ring (bicyclic) bond motifs is 3. The van der Waals surface area contributed by atoms with E-state index in [1.54, 1.807) is 11.8 Å². The number of hydrogen-bond donors (Lipinski definition) is 0. The van der Waals surface area contributed by atoms with Crippen molar-refractivity contribution in [2.24, 2.45) is 4.99 Å². The second-order valence-corrected chi connectivity index (χ2v) is 6.54. The minimum atomic E-state index is -0.0200. The molecule has 0 saturated carbocycles. The molecule has 0 unspecified atom stereocenters. The molecule has 1 heterocycles. The standard InChI is InChI=1S/C17H19NS/c1-11-13-10-9-12-7-5-6-8-14(12)15(13)16(19-4)18-17(11,2)3/h5-11H,1-4H3/t11-/m1/s1. The summed E-state index contributed by atoms with van der Waals surface area (Å²) in [7, 11) is 0. The summed E-state index contributed by atoms with van der Waals surface area (Å²) in [4.78, 5) is 4.98. The number of nitrogens with zero attached hydrogens (tertiary/aromatic N) is 1. The van der Waals surface area contributed by atoms with Gasteiger partial charge in [-0.25, -0.2) is 0 Å². The molecule has 2 heteroatoms. The fourth-order valence-electron chi connectivity index (χ4n) is 2.83. The SMILES string of the molecule is CSC1=NC(C)(C)[C@H](C)c2ccc3ccccc3c21. The van der Waals surface area contributed by atoms with Gasteiger partial charge in [0.1, 0.15) is 0 Å². The predicted molar refractivity (Wildman–Crippen MR) is 86.5 cm³/mol. The van der Waals surface area contributed by atoms with Gasteiger partial charge in [0.2, 0.25) is 0 Å². The highest BCUT2D eigenvalue weighted by atomic mass is 32.2. The number of thioether (sulfide) groups is 1. The Kier molecular flexibility index (Phi) is 2.94. The first-order chi connectivity index (χ1) is 9.04. The second-order valence-electron chi connectivity index (χ2n) is 5.75. The van der Waals surface area contributed by atoms with Crippen LogP contribution in [0.2, 0.25) is 0 Å². The second kappa shape index (κ2) is 4.38. The van der Waals surface area contributed by atoms with Crippen LogP contribution >= 0.6 is 11.8 Å². The monoisotopic (exact) mass is 269 g/mol. The normalized spacial score (nSPS) is 21.1. The van der Waals surface area contributed by atoms with Crippen LogP contribution in [0.25, 0.3) is 10.8 Å². The first kappa shape index (κ1) is 12.7. The van der Waals surface area contributed by atoms with Crippen molar-refractivity contribution < 1.29 is 0 Å². The highest BCUT2D eigenvalue weighted by Gasteiger charge is 2.34. The van der Waals surface area contributed by atoms with E-state index >= 15 is 0 Å². The molecule has 98 valence electrons. The summed E-state index contributed by atoms with van der Waals surface area (Å²) < 4.78 is 0. The van der Waals surface area contributed by atoms with E-state index in [0.29, 0.717) is 5.92 Å². The van der Waals surface area contributed by atoms with Crippen molar-refractivity contribution in [1.29, 1.82) is 0 Å². The lowest BCUT2D eigenvalue weighted by molar-refractivity contribution is 0.434.